The summed E-state index contributed by atoms with van der Waals surface area (Å²) in [7, 11) is 0. The summed E-state index contributed by atoms with van der Waals surface area (Å²) in [6, 6.07) is 22.9. The first-order valence-electron chi connectivity index (χ1n) is 9.77. The Morgan fingerprint density at radius 1 is 0.806 bits per heavy atom. The third kappa shape index (κ3) is 6.38. The molecule has 0 bridgehead atoms. The van der Waals surface area contributed by atoms with E-state index in [0.717, 1.165) is 0 Å². The SMILES string of the molecule is CC(C)Oc1ccc(C(=O)NC(=S)Nc2ccccc2C(=O)Nc2ccccc2)cc1. The number of carbonyl (C=O) groups is 2. The highest BCUT2D eigenvalue weighted by molar-refractivity contribution is 7.80. The fourth-order valence-electron chi connectivity index (χ4n) is 2.80. The summed E-state index contributed by atoms with van der Waals surface area (Å²) in [4.78, 5) is 25.2. The molecule has 0 atom stereocenters. The zero-order valence-electron chi connectivity index (χ0n) is 17.2. The van der Waals surface area contributed by atoms with Crippen LogP contribution in [-0.4, -0.2) is 23.0 Å². The van der Waals surface area contributed by atoms with Crippen molar-refractivity contribution in [3.63, 3.8) is 0 Å². The van der Waals surface area contributed by atoms with Crippen LogP contribution in [0.25, 0.3) is 0 Å². The number of rotatable bonds is 6. The van der Waals surface area contributed by atoms with E-state index < -0.39 is 0 Å². The Bertz CT molecular complexity index is 1070. The maximum absolute atomic E-state index is 12.7. The number of hydrogen-bond acceptors (Lipinski definition) is 4. The van der Waals surface area contributed by atoms with E-state index in [1.54, 1.807) is 60.7 Å². The van der Waals surface area contributed by atoms with Gasteiger partial charge in [0.25, 0.3) is 11.8 Å². The molecule has 31 heavy (non-hydrogen) atoms. The van der Waals surface area contributed by atoms with Crippen LogP contribution in [0, 0.1) is 0 Å². The van der Waals surface area contributed by atoms with Gasteiger partial charge in [-0.1, -0.05) is 30.3 Å². The van der Waals surface area contributed by atoms with E-state index in [-0.39, 0.29) is 23.0 Å². The Labute approximate surface area is 186 Å². The van der Waals surface area contributed by atoms with Gasteiger partial charge < -0.3 is 15.4 Å². The Balaban J connectivity index is 1.64. The van der Waals surface area contributed by atoms with Crippen LogP contribution in [0.5, 0.6) is 5.75 Å². The number of hydrogen-bond donors (Lipinski definition) is 3. The summed E-state index contributed by atoms with van der Waals surface area (Å²) in [6.07, 6.45) is 0.0515. The van der Waals surface area contributed by atoms with Crippen LogP contribution in [0.4, 0.5) is 11.4 Å². The summed E-state index contributed by atoms with van der Waals surface area (Å²) >= 11 is 5.27. The highest BCUT2D eigenvalue weighted by Gasteiger charge is 2.14. The maximum Gasteiger partial charge on any atom is 0.257 e. The average molecular weight is 434 g/mol. The van der Waals surface area contributed by atoms with Crippen LogP contribution >= 0.6 is 12.2 Å². The van der Waals surface area contributed by atoms with E-state index in [1.807, 2.05) is 32.0 Å². The van der Waals surface area contributed by atoms with Gasteiger partial charge in [-0.2, -0.15) is 0 Å². The van der Waals surface area contributed by atoms with Crippen LogP contribution < -0.4 is 20.7 Å². The van der Waals surface area contributed by atoms with Crippen molar-refractivity contribution in [2.45, 2.75) is 20.0 Å². The molecular weight excluding hydrogens is 410 g/mol. The standard InChI is InChI=1S/C24H23N3O3S/c1-16(2)30-19-14-12-17(13-15-19)22(28)27-24(31)26-21-11-7-6-10-20(21)23(29)25-18-8-4-3-5-9-18/h3-16H,1-2H3,(H,25,29)(H2,26,27,28,31). The van der Waals surface area contributed by atoms with Gasteiger partial charge in [0.1, 0.15) is 5.75 Å². The predicted molar refractivity (Wildman–Crippen MR) is 127 cm³/mol. The van der Waals surface area contributed by atoms with Gasteiger partial charge in [0.2, 0.25) is 0 Å². The first-order chi connectivity index (χ1) is 14.9. The molecule has 3 aromatic rings. The minimum absolute atomic E-state index is 0.0515. The topological polar surface area (TPSA) is 79.5 Å². The molecule has 0 aliphatic carbocycles. The molecule has 0 unspecified atom stereocenters. The van der Waals surface area contributed by atoms with Gasteiger partial charge in [-0.15, -0.1) is 0 Å². The Hall–Kier alpha value is -3.71. The molecule has 7 heteroatoms. The molecule has 0 saturated carbocycles. The minimum atomic E-state index is -0.361. The summed E-state index contributed by atoms with van der Waals surface area (Å²) in [5.74, 6) is 0.0367. The lowest BCUT2D eigenvalue weighted by Crippen LogP contribution is -2.34. The van der Waals surface area contributed by atoms with Crippen molar-refractivity contribution in [3.05, 3.63) is 90.0 Å². The quantitative estimate of drug-likeness (QED) is 0.484. The lowest BCUT2D eigenvalue weighted by Gasteiger charge is -2.14. The molecule has 0 heterocycles. The number of ether oxygens (including phenoxy) is 1. The van der Waals surface area contributed by atoms with Gasteiger partial charge in [0.05, 0.1) is 17.4 Å². The van der Waals surface area contributed by atoms with Crippen molar-refractivity contribution >= 4 is 40.5 Å². The number of nitrogens with one attached hydrogen (secondary N) is 3. The number of anilines is 2. The van der Waals surface area contributed by atoms with Gasteiger partial charge in [0.15, 0.2) is 5.11 Å². The van der Waals surface area contributed by atoms with E-state index in [1.165, 1.54) is 0 Å². The molecular formula is C24H23N3O3S. The van der Waals surface area contributed by atoms with Crippen LogP contribution in [0.3, 0.4) is 0 Å². The molecule has 3 aromatic carbocycles. The van der Waals surface area contributed by atoms with Crippen LogP contribution in [-0.2, 0) is 0 Å². The van der Waals surface area contributed by atoms with Gasteiger partial charge >= 0.3 is 0 Å². The average Bonchev–Trinajstić information content (AvgIpc) is 2.74. The lowest BCUT2D eigenvalue weighted by molar-refractivity contribution is 0.0976. The molecule has 0 aliphatic heterocycles. The Morgan fingerprint density at radius 3 is 2.13 bits per heavy atom. The first kappa shape index (κ1) is 22.0. The second-order valence-corrected chi connectivity index (χ2v) is 7.37. The van der Waals surface area contributed by atoms with Crippen molar-refractivity contribution in [3.8, 4) is 5.75 Å². The largest absolute Gasteiger partial charge is 0.491 e. The zero-order chi connectivity index (χ0) is 22.2. The number of benzene rings is 3. The molecule has 0 spiro atoms. The normalized spacial score (nSPS) is 10.3. The zero-order valence-corrected chi connectivity index (χ0v) is 18.0. The number of amides is 2. The molecule has 3 rings (SSSR count). The fourth-order valence-corrected chi connectivity index (χ4v) is 3.00. The van der Waals surface area contributed by atoms with Crippen molar-refractivity contribution in [2.24, 2.45) is 0 Å². The summed E-state index contributed by atoms with van der Waals surface area (Å²) in [5, 5.41) is 8.48. The van der Waals surface area contributed by atoms with E-state index in [2.05, 4.69) is 16.0 Å². The Kier molecular flexibility index (Phi) is 7.35. The highest BCUT2D eigenvalue weighted by atomic mass is 32.1. The summed E-state index contributed by atoms with van der Waals surface area (Å²) < 4.78 is 5.58. The van der Waals surface area contributed by atoms with E-state index in [4.69, 9.17) is 17.0 Å². The van der Waals surface area contributed by atoms with E-state index >= 15 is 0 Å². The predicted octanol–water partition coefficient (Wildman–Crippen LogP) is 4.85. The van der Waals surface area contributed by atoms with E-state index in [0.29, 0.717) is 28.3 Å². The van der Waals surface area contributed by atoms with Crippen molar-refractivity contribution in [1.82, 2.24) is 5.32 Å². The summed E-state index contributed by atoms with van der Waals surface area (Å²) in [5.41, 5.74) is 2.01. The molecule has 0 saturated heterocycles. The first-order valence-corrected chi connectivity index (χ1v) is 10.2. The monoisotopic (exact) mass is 433 g/mol. The van der Waals surface area contributed by atoms with Gasteiger partial charge in [-0.05, 0) is 74.6 Å². The van der Waals surface area contributed by atoms with Gasteiger partial charge in [-0.3, -0.25) is 14.9 Å². The molecule has 158 valence electrons. The molecule has 0 fully saturated rings. The van der Waals surface area contributed by atoms with Gasteiger partial charge in [-0.25, -0.2) is 0 Å². The second kappa shape index (κ2) is 10.4. The lowest BCUT2D eigenvalue weighted by atomic mass is 10.1. The van der Waals surface area contributed by atoms with Gasteiger partial charge in [0, 0.05) is 11.3 Å². The van der Waals surface area contributed by atoms with Crippen molar-refractivity contribution in [1.29, 1.82) is 0 Å². The molecule has 3 N–H and O–H groups in total. The molecule has 0 aromatic heterocycles. The molecule has 6 nitrogen and oxygen atoms in total. The third-order valence-electron chi connectivity index (χ3n) is 4.17. The van der Waals surface area contributed by atoms with E-state index in [9.17, 15) is 9.59 Å². The highest BCUT2D eigenvalue weighted by Crippen LogP contribution is 2.18. The fraction of sp³-hybridized carbons (Fsp3) is 0.125. The third-order valence-corrected chi connectivity index (χ3v) is 4.37. The molecule has 0 aliphatic rings. The van der Waals surface area contributed by atoms with Crippen molar-refractivity contribution < 1.29 is 14.3 Å². The van der Waals surface area contributed by atoms with Crippen LogP contribution in [0.15, 0.2) is 78.9 Å². The molecule has 0 radical (unpaired) electrons. The number of thiocarbonyl (C=S) groups is 1. The van der Waals surface area contributed by atoms with Crippen molar-refractivity contribution in [2.75, 3.05) is 10.6 Å². The second-order valence-electron chi connectivity index (χ2n) is 6.96. The smallest absolute Gasteiger partial charge is 0.257 e. The maximum atomic E-state index is 12.7. The Morgan fingerprint density at radius 2 is 1.45 bits per heavy atom. The minimum Gasteiger partial charge on any atom is -0.491 e. The summed E-state index contributed by atoms with van der Waals surface area (Å²) in [6.45, 7) is 3.87. The van der Waals surface area contributed by atoms with Crippen LogP contribution in [0.1, 0.15) is 34.6 Å². The van der Waals surface area contributed by atoms with Crippen LogP contribution in [0.2, 0.25) is 0 Å². The number of para-hydroxylation sites is 2. The number of carbonyl (C=O) groups excluding carboxylic acids is 2. The molecule has 2 amide bonds.